The van der Waals surface area contributed by atoms with Crippen molar-refractivity contribution < 1.29 is 9.15 Å². The Hall–Kier alpha value is -1.75. The van der Waals surface area contributed by atoms with Crippen LogP contribution in [0.4, 0.5) is 0 Å². The maximum absolute atomic E-state index is 11.6. The fourth-order valence-corrected chi connectivity index (χ4v) is 1.50. The quantitative estimate of drug-likeness (QED) is 0.843. The van der Waals surface area contributed by atoms with Gasteiger partial charge in [-0.1, -0.05) is 28.8 Å². The van der Waals surface area contributed by atoms with Gasteiger partial charge < -0.3 is 9.15 Å². The lowest BCUT2D eigenvalue weighted by Gasteiger charge is -2.02. The molecule has 0 N–H and O–H groups in total. The van der Waals surface area contributed by atoms with Gasteiger partial charge in [0.2, 0.25) is 0 Å². The predicted molar refractivity (Wildman–Crippen MR) is 62.9 cm³/mol. The van der Waals surface area contributed by atoms with E-state index in [1.807, 2.05) is 13.8 Å². The number of hydrogen-bond acceptors (Lipinski definition) is 4. The van der Waals surface area contributed by atoms with Crippen molar-refractivity contribution in [2.75, 3.05) is 0 Å². The summed E-state index contributed by atoms with van der Waals surface area (Å²) in [4.78, 5) is 11.6. The molecule has 0 radical (unpaired) electrons. The Morgan fingerprint density at radius 1 is 1.41 bits per heavy atom. The van der Waals surface area contributed by atoms with E-state index < -0.39 is 5.76 Å². The number of halogens is 1. The number of aromatic nitrogens is 2. The Bertz CT molecular complexity index is 574. The molecular weight excluding hydrogens is 244 g/mol. The molecule has 1 heterocycles. The lowest BCUT2D eigenvalue weighted by molar-refractivity contribution is 0.172. The molecule has 0 amide bonds. The molecule has 0 bridgehead atoms. The van der Waals surface area contributed by atoms with Crippen LogP contribution in [0.1, 0.15) is 13.8 Å². The fraction of sp³-hybridized carbons (Fsp3) is 0.273. The molecule has 5 nitrogen and oxygen atoms in total. The van der Waals surface area contributed by atoms with Crippen molar-refractivity contribution in [1.29, 1.82) is 0 Å². The molecule has 6 heteroatoms. The molecule has 0 fully saturated rings. The van der Waals surface area contributed by atoms with Crippen LogP contribution in [0.5, 0.6) is 6.08 Å². The number of benzene rings is 1. The summed E-state index contributed by atoms with van der Waals surface area (Å²) in [7, 11) is 0. The van der Waals surface area contributed by atoms with Gasteiger partial charge in [-0.2, -0.15) is 4.68 Å². The second kappa shape index (κ2) is 4.63. The van der Waals surface area contributed by atoms with Crippen LogP contribution < -0.4 is 10.5 Å². The monoisotopic (exact) mass is 254 g/mol. The van der Waals surface area contributed by atoms with Gasteiger partial charge in [0.25, 0.3) is 0 Å². The highest BCUT2D eigenvalue weighted by Crippen LogP contribution is 2.18. The van der Waals surface area contributed by atoms with Crippen molar-refractivity contribution in [2.24, 2.45) is 0 Å². The van der Waals surface area contributed by atoms with Crippen LogP contribution in [-0.4, -0.2) is 15.9 Å². The Morgan fingerprint density at radius 3 is 2.76 bits per heavy atom. The zero-order valence-corrected chi connectivity index (χ0v) is 10.1. The second-order valence-electron chi connectivity index (χ2n) is 3.66. The molecule has 2 rings (SSSR count). The van der Waals surface area contributed by atoms with Gasteiger partial charge in [0.1, 0.15) is 0 Å². The minimum absolute atomic E-state index is 0.0649. The molecule has 0 aliphatic heterocycles. The van der Waals surface area contributed by atoms with E-state index in [4.69, 9.17) is 20.8 Å². The van der Waals surface area contributed by atoms with Crippen molar-refractivity contribution in [3.8, 4) is 11.8 Å². The van der Waals surface area contributed by atoms with Crippen LogP contribution in [0, 0.1) is 0 Å². The van der Waals surface area contributed by atoms with E-state index >= 15 is 0 Å². The molecule has 1 aromatic heterocycles. The summed E-state index contributed by atoms with van der Waals surface area (Å²) in [5.74, 6) is -0.631. The van der Waals surface area contributed by atoms with Crippen LogP contribution in [0.25, 0.3) is 5.69 Å². The average Bonchev–Trinajstić information content (AvgIpc) is 2.59. The van der Waals surface area contributed by atoms with E-state index in [-0.39, 0.29) is 12.2 Å². The van der Waals surface area contributed by atoms with E-state index in [1.54, 1.807) is 24.3 Å². The van der Waals surface area contributed by atoms with Crippen LogP contribution in [0.2, 0.25) is 5.02 Å². The molecule has 17 heavy (non-hydrogen) atoms. The Balaban J connectivity index is 2.43. The average molecular weight is 255 g/mol. The summed E-state index contributed by atoms with van der Waals surface area (Å²) >= 11 is 5.96. The van der Waals surface area contributed by atoms with Gasteiger partial charge in [0.15, 0.2) is 0 Å². The SMILES string of the molecule is CC(C)Oc1nn(-c2ccccc2Cl)c(=O)o1. The zero-order valence-electron chi connectivity index (χ0n) is 9.38. The molecule has 0 unspecified atom stereocenters. The van der Waals surface area contributed by atoms with Crippen molar-refractivity contribution in [2.45, 2.75) is 20.0 Å². The summed E-state index contributed by atoms with van der Waals surface area (Å²) < 4.78 is 11.1. The molecule has 0 saturated carbocycles. The van der Waals surface area contributed by atoms with Crippen molar-refractivity contribution in [3.05, 3.63) is 39.8 Å². The first-order valence-electron chi connectivity index (χ1n) is 5.09. The van der Waals surface area contributed by atoms with E-state index in [0.717, 1.165) is 4.68 Å². The standard InChI is InChI=1S/C11H11ClN2O3/c1-7(2)16-10-13-14(11(15)17-10)9-6-4-3-5-8(9)12/h3-7H,1-2H3. The minimum Gasteiger partial charge on any atom is -0.446 e. The molecule has 0 aliphatic rings. The van der Waals surface area contributed by atoms with Crippen molar-refractivity contribution in [3.63, 3.8) is 0 Å². The van der Waals surface area contributed by atoms with Crippen LogP contribution in [-0.2, 0) is 0 Å². The van der Waals surface area contributed by atoms with Crippen molar-refractivity contribution >= 4 is 11.6 Å². The van der Waals surface area contributed by atoms with Gasteiger partial charge in [0.05, 0.1) is 16.8 Å². The highest BCUT2D eigenvalue weighted by Gasteiger charge is 2.13. The number of ether oxygens (including phenoxy) is 1. The smallest absolute Gasteiger partial charge is 0.444 e. The summed E-state index contributed by atoms with van der Waals surface area (Å²) in [6.45, 7) is 3.63. The number of nitrogens with zero attached hydrogens (tertiary/aromatic N) is 2. The second-order valence-corrected chi connectivity index (χ2v) is 4.07. The molecule has 2 aromatic rings. The molecular formula is C11H11ClN2O3. The first-order valence-corrected chi connectivity index (χ1v) is 5.47. The van der Waals surface area contributed by atoms with E-state index in [1.165, 1.54) is 0 Å². The van der Waals surface area contributed by atoms with E-state index in [2.05, 4.69) is 5.10 Å². The van der Waals surface area contributed by atoms with Gasteiger partial charge >= 0.3 is 11.8 Å². The summed E-state index contributed by atoms with van der Waals surface area (Å²) in [6.07, 6.45) is -0.183. The van der Waals surface area contributed by atoms with Crippen LogP contribution in [0.15, 0.2) is 33.5 Å². The van der Waals surface area contributed by atoms with Crippen LogP contribution >= 0.6 is 11.6 Å². The highest BCUT2D eigenvalue weighted by molar-refractivity contribution is 6.32. The largest absolute Gasteiger partial charge is 0.446 e. The molecule has 0 saturated heterocycles. The summed E-state index contributed by atoms with van der Waals surface area (Å²) in [5.41, 5.74) is 0.460. The normalized spacial score (nSPS) is 10.8. The third kappa shape index (κ3) is 2.50. The Morgan fingerprint density at radius 2 is 2.12 bits per heavy atom. The maximum atomic E-state index is 11.6. The number of rotatable bonds is 3. The third-order valence-electron chi connectivity index (χ3n) is 1.95. The summed E-state index contributed by atoms with van der Waals surface area (Å²) in [6, 6.07) is 6.86. The van der Waals surface area contributed by atoms with Gasteiger partial charge in [0, 0.05) is 0 Å². The van der Waals surface area contributed by atoms with Gasteiger partial charge in [-0.05, 0) is 26.0 Å². The topological polar surface area (TPSA) is 57.3 Å². The van der Waals surface area contributed by atoms with E-state index in [0.29, 0.717) is 10.7 Å². The van der Waals surface area contributed by atoms with Gasteiger partial charge in [-0.3, -0.25) is 0 Å². The zero-order chi connectivity index (χ0) is 12.4. The predicted octanol–water partition coefficient (Wildman–Crippen LogP) is 2.27. The lowest BCUT2D eigenvalue weighted by atomic mass is 10.3. The van der Waals surface area contributed by atoms with Gasteiger partial charge in [-0.25, -0.2) is 4.79 Å². The molecule has 0 spiro atoms. The first-order chi connectivity index (χ1) is 8.08. The maximum Gasteiger partial charge on any atom is 0.444 e. The molecule has 0 aliphatic carbocycles. The minimum atomic E-state index is -0.631. The fourth-order valence-electron chi connectivity index (χ4n) is 1.29. The number of hydrogen-bond donors (Lipinski definition) is 0. The molecule has 0 atom stereocenters. The third-order valence-corrected chi connectivity index (χ3v) is 2.27. The highest BCUT2D eigenvalue weighted by atomic mass is 35.5. The molecule has 90 valence electrons. The van der Waals surface area contributed by atoms with Gasteiger partial charge in [-0.15, -0.1) is 0 Å². The van der Waals surface area contributed by atoms with E-state index in [9.17, 15) is 4.79 Å². The number of para-hydroxylation sites is 1. The Labute approximate surface area is 103 Å². The first kappa shape index (κ1) is 11.7. The van der Waals surface area contributed by atoms with Crippen LogP contribution in [0.3, 0.4) is 0 Å². The van der Waals surface area contributed by atoms with Crippen molar-refractivity contribution in [1.82, 2.24) is 9.78 Å². The molecule has 1 aromatic carbocycles. The summed E-state index contributed by atoms with van der Waals surface area (Å²) in [5, 5.41) is 4.33. The lowest BCUT2D eigenvalue weighted by Crippen LogP contribution is -2.13. The Kier molecular flexibility index (Phi) is 3.19.